The maximum absolute atomic E-state index is 12.4. The smallest absolute Gasteiger partial charge is 0.251 e. The third kappa shape index (κ3) is 7.18. The minimum absolute atomic E-state index is 0.0627. The van der Waals surface area contributed by atoms with Crippen LogP contribution in [0.2, 0.25) is 0 Å². The van der Waals surface area contributed by atoms with E-state index in [9.17, 15) is 4.79 Å². The molecule has 3 rings (SSSR count). The van der Waals surface area contributed by atoms with Gasteiger partial charge in [-0.25, -0.2) is 4.99 Å². The largest absolute Gasteiger partial charge is 0.376 e. The molecule has 6 nitrogen and oxygen atoms in total. The van der Waals surface area contributed by atoms with Gasteiger partial charge in [0.05, 0.1) is 12.6 Å². The molecule has 1 unspecified atom stereocenters. The monoisotopic (exact) mass is 414 g/mol. The summed E-state index contributed by atoms with van der Waals surface area (Å²) in [5.74, 6) is 0.726. The number of amides is 1. The maximum Gasteiger partial charge on any atom is 0.251 e. The first-order valence-electron chi connectivity index (χ1n) is 10.3. The Morgan fingerprint density at radius 3 is 2.93 bits per heavy atom. The Morgan fingerprint density at radius 2 is 2.17 bits per heavy atom. The van der Waals surface area contributed by atoms with E-state index in [0.717, 1.165) is 50.5 Å². The lowest BCUT2D eigenvalue weighted by Crippen LogP contribution is -2.38. The van der Waals surface area contributed by atoms with E-state index in [1.807, 2.05) is 24.3 Å². The van der Waals surface area contributed by atoms with E-state index in [1.165, 1.54) is 4.88 Å². The van der Waals surface area contributed by atoms with Crippen LogP contribution in [-0.2, 0) is 17.7 Å². The van der Waals surface area contributed by atoms with Gasteiger partial charge in [0, 0.05) is 36.7 Å². The van der Waals surface area contributed by atoms with Crippen molar-refractivity contribution in [2.45, 2.75) is 38.8 Å². The fourth-order valence-corrected chi connectivity index (χ4v) is 3.90. The molecule has 29 heavy (non-hydrogen) atoms. The van der Waals surface area contributed by atoms with Crippen LogP contribution in [0.5, 0.6) is 0 Å². The Balaban J connectivity index is 1.51. The molecule has 0 saturated carbocycles. The highest BCUT2D eigenvalue weighted by atomic mass is 32.1. The van der Waals surface area contributed by atoms with E-state index < -0.39 is 0 Å². The van der Waals surface area contributed by atoms with Crippen LogP contribution in [0.3, 0.4) is 0 Å². The fourth-order valence-electron chi connectivity index (χ4n) is 3.20. The molecule has 0 bridgehead atoms. The van der Waals surface area contributed by atoms with Gasteiger partial charge in [-0.15, -0.1) is 11.3 Å². The van der Waals surface area contributed by atoms with Gasteiger partial charge >= 0.3 is 0 Å². The third-order valence-electron chi connectivity index (χ3n) is 4.71. The second-order valence-corrected chi connectivity index (χ2v) is 8.03. The summed E-state index contributed by atoms with van der Waals surface area (Å²) < 4.78 is 5.56. The van der Waals surface area contributed by atoms with Crippen LogP contribution in [0.1, 0.15) is 40.6 Å². The second kappa shape index (κ2) is 11.6. The number of rotatable bonds is 9. The molecule has 7 heteroatoms. The molecule has 0 aliphatic carbocycles. The predicted octanol–water partition coefficient (Wildman–Crippen LogP) is 2.95. The molecule has 3 N–H and O–H groups in total. The van der Waals surface area contributed by atoms with Crippen LogP contribution in [-0.4, -0.2) is 44.2 Å². The van der Waals surface area contributed by atoms with Crippen molar-refractivity contribution >= 4 is 23.2 Å². The number of aliphatic imine (C=N–C) groups is 1. The molecule has 1 aromatic heterocycles. The molecule has 156 valence electrons. The van der Waals surface area contributed by atoms with Gasteiger partial charge < -0.3 is 20.7 Å². The Hall–Kier alpha value is -2.38. The highest BCUT2D eigenvalue weighted by Crippen LogP contribution is 2.12. The summed E-state index contributed by atoms with van der Waals surface area (Å²) in [5, 5.41) is 11.7. The summed E-state index contributed by atoms with van der Waals surface area (Å²) in [6.45, 7) is 5.56. The molecule has 1 aliphatic heterocycles. The van der Waals surface area contributed by atoms with Crippen LogP contribution in [0.25, 0.3) is 0 Å². The van der Waals surface area contributed by atoms with Crippen molar-refractivity contribution in [3.05, 3.63) is 57.8 Å². The van der Waals surface area contributed by atoms with E-state index in [0.29, 0.717) is 18.7 Å². The summed E-state index contributed by atoms with van der Waals surface area (Å²) in [7, 11) is 0. The standard InChI is InChI=1S/C22H30N4O2S/c1-2-23-22(24-11-10-20-9-5-13-29-20)26-15-17-6-3-7-18(14-17)21(27)25-16-19-8-4-12-28-19/h3,5-7,9,13-14,19H,2,4,8,10-12,15-16H2,1H3,(H,25,27)(H2,23,24,26). The van der Waals surface area contributed by atoms with Gasteiger partial charge in [-0.2, -0.15) is 0 Å². The van der Waals surface area contributed by atoms with Crippen molar-refractivity contribution in [1.82, 2.24) is 16.0 Å². The lowest BCUT2D eigenvalue weighted by Gasteiger charge is -2.12. The number of thiophene rings is 1. The minimum Gasteiger partial charge on any atom is -0.376 e. The number of ether oxygens (including phenoxy) is 1. The Kier molecular flexibility index (Phi) is 8.52. The Labute approximate surface area is 176 Å². The number of carbonyl (C=O) groups is 1. The highest BCUT2D eigenvalue weighted by Gasteiger charge is 2.16. The predicted molar refractivity (Wildman–Crippen MR) is 119 cm³/mol. The van der Waals surface area contributed by atoms with E-state index in [4.69, 9.17) is 4.74 Å². The number of hydrogen-bond acceptors (Lipinski definition) is 4. The van der Waals surface area contributed by atoms with Crippen molar-refractivity contribution in [3.8, 4) is 0 Å². The molecule has 0 radical (unpaired) electrons. The first-order valence-corrected chi connectivity index (χ1v) is 11.2. The van der Waals surface area contributed by atoms with Crippen LogP contribution in [0, 0.1) is 0 Å². The zero-order valence-corrected chi connectivity index (χ0v) is 17.8. The van der Waals surface area contributed by atoms with Crippen LogP contribution in [0.4, 0.5) is 0 Å². The highest BCUT2D eigenvalue weighted by molar-refractivity contribution is 7.09. The number of nitrogens with zero attached hydrogens (tertiary/aromatic N) is 1. The van der Waals surface area contributed by atoms with Crippen molar-refractivity contribution in [2.75, 3.05) is 26.2 Å². The summed E-state index contributed by atoms with van der Waals surface area (Å²) in [6, 6.07) is 11.9. The van der Waals surface area contributed by atoms with Crippen molar-refractivity contribution in [3.63, 3.8) is 0 Å². The zero-order valence-electron chi connectivity index (χ0n) is 16.9. The Morgan fingerprint density at radius 1 is 1.24 bits per heavy atom. The molecule has 1 atom stereocenters. The molecule has 1 aromatic carbocycles. The molecule has 2 heterocycles. The van der Waals surface area contributed by atoms with E-state index in [2.05, 4.69) is 45.4 Å². The summed E-state index contributed by atoms with van der Waals surface area (Å²) in [6.07, 6.45) is 3.21. The topological polar surface area (TPSA) is 74.8 Å². The van der Waals surface area contributed by atoms with Crippen molar-refractivity contribution in [2.24, 2.45) is 4.99 Å². The SMILES string of the molecule is CCNC(=NCc1cccc(C(=O)NCC2CCCO2)c1)NCCc1cccs1. The zero-order chi connectivity index (χ0) is 20.3. The third-order valence-corrected chi connectivity index (χ3v) is 5.65. The molecular formula is C22H30N4O2S. The molecule has 1 aliphatic rings. The van der Waals surface area contributed by atoms with Crippen molar-refractivity contribution in [1.29, 1.82) is 0 Å². The molecule has 1 saturated heterocycles. The summed E-state index contributed by atoms with van der Waals surface area (Å²) in [4.78, 5) is 18.4. The lowest BCUT2D eigenvalue weighted by atomic mass is 10.1. The van der Waals surface area contributed by atoms with Crippen molar-refractivity contribution < 1.29 is 9.53 Å². The van der Waals surface area contributed by atoms with Crippen LogP contribution < -0.4 is 16.0 Å². The van der Waals surface area contributed by atoms with Gasteiger partial charge in [0.15, 0.2) is 5.96 Å². The molecular weight excluding hydrogens is 384 g/mol. The molecule has 1 amide bonds. The van der Waals surface area contributed by atoms with Gasteiger partial charge in [0.2, 0.25) is 0 Å². The fraction of sp³-hybridized carbons (Fsp3) is 0.455. The number of nitrogens with one attached hydrogen (secondary N) is 3. The lowest BCUT2D eigenvalue weighted by molar-refractivity contribution is 0.0857. The normalized spacial score (nSPS) is 16.6. The number of guanidine groups is 1. The van der Waals surface area contributed by atoms with E-state index in [-0.39, 0.29) is 12.0 Å². The first kappa shape index (κ1) is 21.3. The van der Waals surface area contributed by atoms with Gasteiger partial charge in [-0.05, 0) is 55.3 Å². The van der Waals surface area contributed by atoms with Gasteiger partial charge in [-0.1, -0.05) is 18.2 Å². The molecule has 0 spiro atoms. The quantitative estimate of drug-likeness (QED) is 0.436. The second-order valence-electron chi connectivity index (χ2n) is 7.00. The number of hydrogen-bond donors (Lipinski definition) is 3. The maximum atomic E-state index is 12.4. The van der Waals surface area contributed by atoms with Gasteiger partial charge in [0.25, 0.3) is 5.91 Å². The minimum atomic E-state index is -0.0627. The first-order chi connectivity index (χ1) is 14.2. The molecule has 2 aromatic rings. The van der Waals surface area contributed by atoms with Gasteiger partial charge in [0.1, 0.15) is 0 Å². The number of carbonyl (C=O) groups excluding carboxylic acids is 1. The Bertz CT molecular complexity index is 786. The van der Waals surface area contributed by atoms with Crippen LogP contribution in [0.15, 0.2) is 46.8 Å². The van der Waals surface area contributed by atoms with Gasteiger partial charge in [-0.3, -0.25) is 4.79 Å². The van der Waals surface area contributed by atoms with E-state index in [1.54, 1.807) is 11.3 Å². The average molecular weight is 415 g/mol. The number of benzene rings is 1. The summed E-state index contributed by atoms with van der Waals surface area (Å²) >= 11 is 1.77. The summed E-state index contributed by atoms with van der Waals surface area (Å²) in [5.41, 5.74) is 1.66. The average Bonchev–Trinajstić information content (AvgIpc) is 3.44. The molecule has 1 fully saturated rings. The van der Waals surface area contributed by atoms with E-state index >= 15 is 0 Å². The van der Waals surface area contributed by atoms with Crippen LogP contribution >= 0.6 is 11.3 Å².